The maximum Gasteiger partial charge on any atom is 0.326 e. The fraction of sp³-hybridized carbons (Fsp3) is 0.0909. The molecule has 0 aromatic heterocycles. The molecule has 1 saturated heterocycles. The van der Waals surface area contributed by atoms with E-state index in [1.807, 2.05) is 5.32 Å². The second-order valence-electron chi connectivity index (χ2n) is 3.77. The van der Waals surface area contributed by atoms with Gasteiger partial charge in [0.2, 0.25) is 0 Å². The zero-order valence-electron chi connectivity index (χ0n) is 9.39. The first kappa shape index (κ1) is 11.8. The van der Waals surface area contributed by atoms with Gasteiger partial charge < -0.3 is 5.32 Å². The number of nitrogens with one attached hydrogen (secondary N) is 2. The molecule has 0 aliphatic carbocycles. The van der Waals surface area contributed by atoms with Gasteiger partial charge in [0, 0.05) is 11.6 Å². The average molecular weight is 247 g/mol. The summed E-state index contributed by atoms with van der Waals surface area (Å²) in [6.07, 6.45) is 1.38. The van der Waals surface area contributed by atoms with Crippen molar-refractivity contribution in [1.29, 1.82) is 0 Å². The molecule has 1 aliphatic heterocycles. The smallest absolute Gasteiger partial charge is 0.303 e. The largest absolute Gasteiger partial charge is 0.326 e. The molecule has 1 aromatic carbocycles. The normalized spacial score (nSPS) is 16.6. The number of imide groups is 1. The second-order valence-corrected chi connectivity index (χ2v) is 3.77. The minimum Gasteiger partial charge on any atom is -0.303 e. The summed E-state index contributed by atoms with van der Waals surface area (Å²) in [5.41, 5.74) is 1.04. The minimum absolute atomic E-state index is 0.0333. The molecule has 92 valence electrons. The molecular weight excluding hydrogens is 238 g/mol. The number of aryl methyl sites for hydroxylation is 1. The standard InChI is InChI=1S/C11H9N3O4/c1-6-2-3-7(5-9(6)14(17)18)4-8-10(15)13-11(16)12-8/h2-5H,1H3,(H2,12,13,15,16)/b8-4+. The molecule has 0 radical (unpaired) electrons. The maximum absolute atomic E-state index is 11.3. The van der Waals surface area contributed by atoms with Gasteiger partial charge >= 0.3 is 6.03 Å². The molecule has 2 rings (SSSR count). The third-order valence-corrected chi connectivity index (χ3v) is 2.46. The van der Waals surface area contributed by atoms with Crippen LogP contribution < -0.4 is 10.6 Å². The van der Waals surface area contributed by atoms with Gasteiger partial charge in [0.15, 0.2) is 0 Å². The van der Waals surface area contributed by atoms with Gasteiger partial charge in [-0.1, -0.05) is 12.1 Å². The zero-order valence-corrected chi connectivity index (χ0v) is 9.39. The molecule has 0 atom stereocenters. The lowest BCUT2D eigenvalue weighted by Crippen LogP contribution is -2.22. The van der Waals surface area contributed by atoms with E-state index in [0.29, 0.717) is 11.1 Å². The molecule has 0 bridgehead atoms. The molecule has 7 nitrogen and oxygen atoms in total. The number of benzene rings is 1. The molecule has 1 heterocycles. The van der Waals surface area contributed by atoms with Crippen LogP contribution >= 0.6 is 0 Å². The van der Waals surface area contributed by atoms with E-state index in [2.05, 4.69) is 5.32 Å². The van der Waals surface area contributed by atoms with E-state index in [1.165, 1.54) is 12.1 Å². The van der Waals surface area contributed by atoms with Gasteiger partial charge in [-0.3, -0.25) is 20.2 Å². The van der Waals surface area contributed by atoms with Crippen LogP contribution in [0.1, 0.15) is 11.1 Å². The molecule has 3 amide bonds. The van der Waals surface area contributed by atoms with Crippen LogP contribution in [0.25, 0.3) is 6.08 Å². The van der Waals surface area contributed by atoms with E-state index in [9.17, 15) is 19.7 Å². The highest BCUT2D eigenvalue weighted by atomic mass is 16.6. The monoisotopic (exact) mass is 247 g/mol. The number of hydrogen-bond donors (Lipinski definition) is 2. The van der Waals surface area contributed by atoms with Crippen molar-refractivity contribution in [3.05, 3.63) is 45.1 Å². The van der Waals surface area contributed by atoms with Crippen LogP contribution in [0.15, 0.2) is 23.9 Å². The summed E-state index contributed by atoms with van der Waals surface area (Å²) in [5, 5.41) is 15.1. The summed E-state index contributed by atoms with van der Waals surface area (Å²) < 4.78 is 0. The third kappa shape index (κ3) is 2.19. The topological polar surface area (TPSA) is 101 Å². The number of carbonyl (C=O) groups is 2. The van der Waals surface area contributed by atoms with Crippen LogP contribution in [-0.4, -0.2) is 16.9 Å². The quantitative estimate of drug-likeness (QED) is 0.353. The van der Waals surface area contributed by atoms with Crippen molar-refractivity contribution in [1.82, 2.24) is 10.6 Å². The molecule has 1 aliphatic rings. The lowest BCUT2D eigenvalue weighted by Gasteiger charge is -1.99. The summed E-state index contributed by atoms with van der Waals surface area (Å²) in [6.45, 7) is 1.62. The van der Waals surface area contributed by atoms with E-state index in [0.717, 1.165) is 0 Å². The molecule has 0 saturated carbocycles. The van der Waals surface area contributed by atoms with E-state index >= 15 is 0 Å². The predicted octanol–water partition coefficient (Wildman–Crippen LogP) is 1.08. The SMILES string of the molecule is Cc1ccc(/C=C2/NC(=O)NC2=O)cc1[N+](=O)[O-]. The van der Waals surface area contributed by atoms with Crippen molar-refractivity contribution in [2.75, 3.05) is 0 Å². The number of rotatable bonds is 2. The lowest BCUT2D eigenvalue weighted by molar-refractivity contribution is -0.385. The molecule has 0 spiro atoms. The van der Waals surface area contributed by atoms with Crippen molar-refractivity contribution in [3.63, 3.8) is 0 Å². The van der Waals surface area contributed by atoms with Gasteiger partial charge in [-0.05, 0) is 18.6 Å². The highest BCUT2D eigenvalue weighted by Gasteiger charge is 2.23. The van der Waals surface area contributed by atoms with E-state index in [-0.39, 0.29) is 11.4 Å². The average Bonchev–Trinajstić information content (AvgIpc) is 2.60. The summed E-state index contributed by atoms with van der Waals surface area (Å²) in [5.74, 6) is -0.553. The zero-order chi connectivity index (χ0) is 13.3. The third-order valence-electron chi connectivity index (χ3n) is 2.46. The van der Waals surface area contributed by atoms with E-state index < -0.39 is 16.9 Å². The molecule has 18 heavy (non-hydrogen) atoms. The second kappa shape index (κ2) is 4.28. The Labute approximate surface area is 102 Å². The molecule has 0 unspecified atom stereocenters. The number of nitro benzene ring substituents is 1. The van der Waals surface area contributed by atoms with Crippen molar-refractivity contribution in [2.45, 2.75) is 6.92 Å². The van der Waals surface area contributed by atoms with Crippen LogP contribution in [0, 0.1) is 17.0 Å². The first-order valence-corrected chi connectivity index (χ1v) is 5.06. The van der Waals surface area contributed by atoms with Gasteiger partial charge in [-0.2, -0.15) is 0 Å². The summed E-state index contributed by atoms with van der Waals surface area (Å²) in [7, 11) is 0. The van der Waals surface area contributed by atoms with Crippen LogP contribution in [0.4, 0.5) is 10.5 Å². The Morgan fingerprint density at radius 1 is 1.28 bits per heavy atom. The molecular formula is C11H9N3O4. The molecule has 2 N–H and O–H groups in total. The van der Waals surface area contributed by atoms with Gasteiger partial charge in [-0.15, -0.1) is 0 Å². The first-order chi connectivity index (χ1) is 8.47. The van der Waals surface area contributed by atoms with Gasteiger partial charge in [0.05, 0.1) is 4.92 Å². The Kier molecular flexibility index (Phi) is 2.80. The van der Waals surface area contributed by atoms with Crippen molar-refractivity contribution >= 4 is 23.7 Å². The highest BCUT2D eigenvalue weighted by molar-refractivity contribution is 6.13. The summed E-state index contributed by atoms with van der Waals surface area (Å²) >= 11 is 0. The van der Waals surface area contributed by atoms with Gasteiger partial charge in [-0.25, -0.2) is 4.79 Å². The number of nitro groups is 1. The molecule has 1 fully saturated rings. The van der Waals surface area contributed by atoms with Crippen molar-refractivity contribution in [3.8, 4) is 0 Å². The fourth-order valence-corrected chi connectivity index (χ4v) is 1.56. The van der Waals surface area contributed by atoms with Crippen molar-refractivity contribution in [2.24, 2.45) is 0 Å². The Bertz CT molecular complexity index is 592. The molecule has 7 heteroatoms. The number of amides is 3. The lowest BCUT2D eigenvalue weighted by atomic mass is 10.1. The first-order valence-electron chi connectivity index (χ1n) is 5.06. The Morgan fingerprint density at radius 2 is 2.00 bits per heavy atom. The Hall–Kier alpha value is -2.70. The molecule has 1 aromatic rings. The number of hydrogen-bond acceptors (Lipinski definition) is 4. The minimum atomic E-state index is -0.604. The van der Waals surface area contributed by atoms with E-state index in [4.69, 9.17) is 0 Å². The van der Waals surface area contributed by atoms with Crippen LogP contribution in [0.5, 0.6) is 0 Å². The highest BCUT2D eigenvalue weighted by Crippen LogP contribution is 2.20. The predicted molar refractivity (Wildman–Crippen MR) is 62.5 cm³/mol. The number of urea groups is 1. The maximum atomic E-state index is 11.3. The van der Waals surface area contributed by atoms with Crippen LogP contribution in [-0.2, 0) is 4.79 Å². The van der Waals surface area contributed by atoms with Crippen LogP contribution in [0.2, 0.25) is 0 Å². The van der Waals surface area contributed by atoms with Gasteiger partial charge in [0.1, 0.15) is 5.70 Å². The van der Waals surface area contributed by atoms with Gasteiger partial charge in [0.25, 0.3) is 11.6 Å². The summed E-state index contributed by atoms with van der Waals surface area (Å²) in [6, 6.07) is 3.96. The Morgan fingerprint density at radius 3 is 2.56 bits per heavy atom. The number of nitrogens with zero attached hydrogens (tertiary/aromatic N) is 1. The fourth-order valence-electron chi connectivity index (χ4n) is 1.56. The van der Waals surface area contributed by atoms with Crippen molar-refractivity contribution < 1.29 is 14.5 Å². The van der Waals surface area contributed by atoms with E-state index in [1.54, 1.807) is 19.1 Å². The Balaban J connectivity index is 2.38. The summed E-state index contributed by atoms with van der Waals surface area (Å²) in [4.78, 5) is 32.4. The number of carbonyl (C=O) groups excluding carboxylic acids is 2. The van der Waals surface area contributed by atoms with Crippen LogP contribution in [0.3, 0.4) is 0 Å².